The maximum atomic E-state index is 11.7. The molecular formula is C13H10BrN3O4. The number of carbonyl (C=O) groups is 2. The number of halogens is 1. The molecule has 21 heavy (non-hydrogen) atoms. The number of aromatic nitrogens is 2. The molecule has 108 valence electrons. The SMILES string of the molecule is O=C(COc1ccc(Br)cc1)Nc1nccnc1C(=O)O. The Labute approximate surface area is 128 Å². The Morgan fingerprint density at radius 2 is 1.86 bits per heavy atom. The van der Waals surface area contributed by atoms with Crippen LogP contribution in [0.25, 0.3) is 0 Å². The molecule has 0 atom stereocenters. The van der Waals surface area contributed by atoms with Crippen LogP contribution in [-0.2, 0) is 4.79 Å². The van der Waals surface area contributed by atoms with Gasteiger partial charge in [-0.2, -0.15) is 0 Å². The van der Waals surface area contributed by atoms with Crippen molar-refractivity contribution in [3.8, 4) is 5.75 Å². The van der Waals surface area contributed by atoms with Crippen LogP contribution in [0, 0.1) is 0 Å². The normalized spacial score (nSPS) is 9.95. The van der Waals surface area contributed by atoms with Gasteiger partial charge < -0.3 is 15.2 Å². The van der Waals surface area contributed by atoms with E-state index in [-0.39, 0.29) is 18.1 Å². The van der Waals surface area contributed by atoms with Gasteiger partial charge in [0.25, 0.3) is 5.91 Å². The van der Waals surface area contributed by atoms with Crippen LogP contribution in [0.4, 0.5) is 5.82 Å². The van der Waals surface area contributed by atoms with Gasteiger partial charge in [-0.05, 0) is 24.3 Å². The Morgan fingerprint density at radius 3 is 2.52 bits per heavy atom. The summed E-state index contributed by atoms with van der Waals surface area (Å²) >= 11 is 3.29. The lowest BCUT2D eigenvalue weighted by Crippen LogP contribution is -2.22. The van der Waals surface area contributed by atoms with Gasteiger partial charge in [0, 0.05) is 16.9 Å². The third kappa shape index (κ3) is 4.25. The van der Waals surface area contributed by atoms with Crippen molar-refractivity contribution in [2.24, 2.45) is 0 Å². The number of anilines is 1. The first-order valence-corrected chi connectivity index (χ1v) is 6.58. The first-order chi connectivity index (χ1) is 10.1. The number of carbonyl (C=O) groups excluding carboxylic acids is 1. The number of nitrogens with zero attached hydrogens (tertiary/aromatic N) is 2. The van der Waals surface area contributed by atoms with Crippen molar-refractivity contribution in [3.05, 3.63) is 46.8 Å². The Balaban J connectivity index is 1.96. The zero-order valence-electron chi connectivity index (χ0n) is 10.6. The summed E-state index contributed by atoms with van der Waals surface area (Å²) in [6.45, 7) is -0.267. The van der Waals surface area contributed by atoms with Crippen molar-refractivity contribution in [2.45, 2.75) is 0 Å². The van der Waals surface area contributed by atoms with E-state index in [4.69, 9.17) is 9.84 Å². The summed E-state index contributed by atoms with van der Waals surface area (Å²) in [7, 11) is 0. The van der Waals surface area contributed by atoms with Gasteiger partial charge >= 0.3 is 5.97 Å². The van der Waals surface area contributed by atoms with E-state index in [0.29, 0.717) is 5.75 Å². The van der Waals surface area contributed by atoms with Gasteiger partial charge in [0.1, 0.15) is 5.75 Å². The molecule has 8 heteroatoms. The molecule has 2 N–H and O–H groups in total. The van der Waals surface area contributed by atoms with Crippen LogP contribution in [0.15, 0.2) is 41.1 Å². The molecule has 2 rings (SSSR count). The Hall–Kier alpha value is -2.48. The highest BCUT2D eigenvalue weighted by atomic mass is 79.9. The minimum absolute atomic E-state index is 0.116. The van der Waals surface area contributed by atoms with Crippen molar-refractivity contribution in [1.29, 1.82) is 0 Å². The Bertz CT molecular complexity index is 661. The first kappa shape index (κ1) is 14.9. The number of aromatic carboxylic acids is 1. The first-order valence-electron chi connectivity index (χ1n) is 5.79. The molecule has 1 heterocycles. The summed E-state index contributed by atoms with van der Waals surface area (Å²) in [5.41, 5.74) is -0.325. The van der Waals surface area contributed by atoms with Crippen molar-refractivity contribution in [2.75, 3.05) is 11.9 Å². The van der Waals surface area contributed by atoms with E-state index in [1.807, 2.05) is 0 Å². The summed E-state index contributed by atoms with van der Waals surface area (Å²) in [6, 6.07) is 6.95. The van der Waals surface area contributed by atoms with Gasteiger partial charge in [-0.25, -0.2) is 14.8 Å². The predicted molar refractivity (Wildman–Crippen MR) is 77.3 cm³/mol. The van der Waals surface area contributed by atoms with Crippen LogP contribution in [-0.4, -0.2) is 33.6 Å². The Morgan fingerprint density at radius 1 is 1.19 bits per heavy atom. The summed E-state index contributed by atoms with van der Waals surface area (Å²) < 4.78 is 6.16. The highest BCUT2D eigenvalue weighted by molar-refractivity contribution is 9.10. The summed E-state index contributed by atoms with van der Waals surface area (Å²) in [6.07, 6.45) is 2.52. The molecule has 0 saturated heterocycles. The van der Waals surface area contributed by atoms with Crippen molar-refractivity contribution in [1.82, 2.24) is 9.97 Å². The quantitative estimate of drug-likeness (QED) is 0.853. The van der Waals surface area contributed by atoms with E-state index in [2.05, 4.69) is 31.2 Å². The average molecular weight is 352 g/mol. The van der Waals surface area contributed by atoms with Gasteiger partial charge in [-0.3, -0.25) is 4.79 Å². The fourth-order valence-electron chi connectivity index (χ4n) is 1.43. The van der Waals surface area contributed by atoms with Crippen molar-refractivity contribution in [3.63, 3.8) is 0 Å². The van der Waals surface area contributed by atoms with Crippen molar-refractivity contribution < 1.29 is 19.4 Å². The van der Waals surface area contributed by atoms with E-state index >= 15 is 0 Å². The third-order valence-corrected chi connectivity index (χ3v) is 2.87. The molecule has 0 aliphatic rings. The lowest BCUT2D eigenvalue weighted by molar-refractivity contribution is -0.118. The van der Waals surface area contributed by atoms with Crippen LogP contribution >= 0.6 is 15.9 Å². The van der Waals surface area contributed by atoms with Gasteiger partial charge in [0.2, 0.25) is 0 Å². The largest absolute Gasteiger partial charge is 0.484 e. The minimum atomic E-state index is -1.27. The highest BCUT2D eigenvalue weighted by Crippen LogP contribution is 2.16. The maximum absolute atomic E-state index is 11.7. The van der Waals surface area contributed by atoms with Crippen LogP contribution in [0.1, 0.15) is 10.5 Å². The molecule has 1 aromatic carbocycles. The number of carboxylic acids is 1. The fourth-order valence-corrected chi connectivity index (χ4v) is 1.70. The molecule has 0 bridgehead atoms. The molecule has 0 aliphatic carbocycles. The monoisotopic (exact) mass is 351 g/mol. The molecule has 1 amide bonds. The molecule has 0 fully saturated rings. The molecule has 0 saturated carbocycles. The lowest BCUT2D eigenvalue weighted by atomic mass is 10.3. The number of hydrogen-bond acceptors (Lipinski definition) is 5. The van der Waals surface area contributed by atoms with Crippen LogP contribution in [0.2, 0.25) is 0 Å². The molecule has 0 radical (unpaired) electrons. The highest BCUT2D eigenvalue weighted by Gasteiger charge is 2.15. The van der Waals surface area contributed by atoms with Gasteiger partial charge in [0.05, 0.1) is 0 Å². The molecule has 7 nitrogen and oxygen atoms in total. The van der Waals surface area contributed by atoms with E-state index in [9.17, 15) is 9.59 Å². The molecule has 0 unspecified atom stereocenters. The average Bonchev–Trinajstić information content (AvgIpc) is 2.47. The summed E-state index contributed by atoms with van der Waals surface area (Å²) in [5.74, 6) is -1.39. The number of hydrogen-bond donors (Lipinski definition) is 2. The second kappa shape index (κ2) is 6.80. The standard InChI is InChI=1S/C13H10BrN3O4/c14-8-1-3-9(4-2-8)21-7-10(18)17-12-11(13(19)20)15-5-6-16-12/h1-6H,7H2,(H,19,20)(H,16,17,18). The summed E-state index contributed by atoms with van der Waals surface area (Å²) in [4.78, 5) is 30.1. The third-order valence-electron chi connectivity index (χ3n) is 2.34. The van der Waals surface area contributed by atoms with Gasteiger partial charge in [-0.1, -0.05) is 15.9 Å². The topological polar surface area (TPSA) is 101 Å². The van der Waals surface area contributed by atoms with Crippen molar-refractivity contribution >= 4 is 33.6 Å². The van der Waals surface area contributed by atoms with Crippen LogP contribution < -0.4 is 10.1 Å². The van der Waals surface area contributed by atoms with Crippen LogP contribution in [0.5, 0.6) is 5.75 Å². The smallest absolute Gasteiger partial charge is 0.358 e. The maximum Gasteiger partial charge on any atom is 0.358 e. The van der Waals surface area contributed by atoms with E-state index in [0.717, 1.165) is 4.47 Å². The number of rotatable bonds is 5. The number of amides is 1. The molecule has 1 aromatic heterocycles. The number of carboxylic acid groups (broad SMARTS) is 1. The molecule has 0 spiro atoms. The summed E-state index contributed by atoms with van der Waals surface area (Å²) in [5, 5.41) is 11.3. The Kier molecular flexibility index (Phi) is 4.83. The van der Waals surface area contributed by atoms with Gasteiger partial charge in [0.15, 0.2) is 18.1 Å². The lowest BCUT2D eigenvalue weighted by Gasteiger charge is -2.08. The van der Waals surface area contributed by atoms with Gasteiger partial charge in [-0.15, -0.1) is 0 Å². The zero-order chi connectivity index (χ0) is 15.2. The number of ether oxygens (including phenoxy) is 1. The fraction of sp³-hybridized carbons (Fsp3) is 0.0769. The number of nitrogens with one attached hydrogen (secondary N) is 1. The second-order valence-electron chi connectivity index (χ2n) is 3.85. The molecular weight excluding hydrogens is 342 g/mol. The van der Waals surface area contributed by atoms with E-state index in [1.165, 1.54) is 12.4 Å². The molecule has 0 aliphatic heterocycles. The van der Waals surface area contributed by atoms with E-state index < -0.39 is 11.9 Å². The second-order valence-corrected chi connectivity index (χ2v) is 4.77. The number of benzene rings is 1. The van der Waals surface area contributed by atoms with E-state index in [1.54, 1.807) is 24.3 Å². The molecule has 2 aromatic rings. The van der Waals surface area contributed by atoms with Crippen LogP contribution in [0.3, 0.4) is 0 Å². The predicted octanol–water partition coefficient (Wildman–Crippen LogP) is 1.95. The minimum Gasteiger partial charge on any atom is -0.484 e. The zero-order valence-corrected chi connectivity index (χ0v) is 12.2.